The second kappa shape index (κ2) is 7.41. The zero-order chi connectivity index (χ0) is 14.3. The Morgan fingerprint density at radius 2 is 1.84 bits per heavy atom. The molecule has 1 aromatic rings. The number of ether oxygens (including phenoxy) is 1. The topological polar surface area (TPSA) is 67.4 Å². The largest absolute Gasteiger partial charge is 0.468 e. The van der Waals surface area contributed by atoms with E-state index in [9.17, 15) is 9.59 Å². The lowest BCUT2D eigenvalue weighted by atomic mass is 10.1. The molecule has 0 fully saturated rings. The van der Waals surface area contributed by atoms with Crippen LogP contribution in [0.4, 0.5) is 5.69 Å². The van der Waals surface area contributed by atoms with Gasteiger partial charge in [0.25, 0.3) is 0 Å². The molecule has 0 spiro atoms. The van der Waals surface area contributed by atoms with E-state index in [2.05, 4.69) is 15.4 Å². The van der Waals surface area contributed by atoms with Crippen molar-refractivity contribution in [2.45, 2.75) is 26.3 Å². The first-order valence-electron chi connectivity index (χ1n) is 6.20. The number of amides is 1. The van der Waals surface area contributed by atoms with Gasteiger partial charge in [0.15, 0.2) is 0 Å². The molecule has 0 aromatic heterocycles. The molecule has 104 valence electrons. The summed E-state index contributed by atoms with van der Waals surface area (Å²) in [5, 5.41) is 5.77. The first-order valence-corrected chi connectivity index (χ1v) is 6.20. The fourth-order valence-corrected chi connectivity index (χ4v) is 1.55. The second-order valence-corrected chi connectivity index (χ2v) is 4.53. The minimum Gasteiger partial charge on any atom is -0.468 e. The molecule has 0 unspecified atom stereocenters. The highest BCUT2D eigenvalue weighted by molar-refractivity contribution is 5.79. The van der Waals surface area contributed by atoms with Crippen molar-refractivity contribution in [2.24, 2.45) is 0 Å². The number of hydrogen-bond acceptors (Lipinski definition) is 4. The summed E-state index contributed by atoms with van der Waals surface area (Å²) in [6, 6.07) is 7.54. The molecule has 0 atom stereocenters. The fourth-order valence-electron chi connectivity index (χ4n) is 1.55. The lowest BCUT2D eigenvalue weighted by molar-refractivity contribution is -0.138. The number of nitrogens with one attached hydrogen (secondary N) is 2. The quantitative estimate of drug-likeness (QED) is 0.761. The van der Waals surface area contributed by atoms with Crippen molar-refractivity contribution in [3.05, 3.63) is 29.8 Å². The molecule has 5 nitrogen and oxygen atoms in total. The molecule has 0 heterocycles. The summed E-state index contributed by atoms with van der Waals surface area (Å²) >= 11 is 0. The van der Waals surface area contributed by atoms with Crippen LogP contribution in [0.1, 0.15) is 19.4 Å². The van der Waals surface area contributed by atoms with Crippen LogP contribution in [0.3, 0.4) is 0 Å². The Balaban J connectivity index is 2.47. The Morgan fingerprint density at radius 3 is 2.37 bits per heavy atom. The average molecular weight is 264 g/mol. The molecule has 0 aliphatic rings. The summed E-state index contributed by atoms with van der Waals surface area (Å²) < 4.78 is 4.53. The van der Waals surface area contributed by atoms with E-state index in [1.165, 1.54) is 7.11 Å². The van der Waals surface area contributed by atoms with Gasteiger partial charge < -0.3 is 15.4 Å². The predicted octanol–water partition coefficient (Wildman–Crippen LogP) is 1.34. The average Bonchev–Trinajstić information content (AvgIpc) is 2.36. The molecule has 19 heavy (non-hydrogen) atoms. The van der Waals surface area contributed by atoms with Crippen molar-refractivity contribution in [2.75, 3.05) is 19.0 Å². The van der Waals surface area contributed by atoms with Crippen LogP contribution in [0.15, 0.2) is 24.3 Å². The molecular weight excluding hydrogens is 244 g/mol. The molecule has 0 aliphatic heterocycles. The van der Waals surface area contributed by atoms with E-state index in [4.69, 9.17) is 0 Å². The molecule has 5 heteroatoms. The number of esters is 1. The molecule has 0 saturated heterocycles. The Kier molecular flexibility index (Phi) is 5.85. The zero-order valence-electron chi connectivity index (χ0n) is 11.5. The van der Waals surface area contributed by atoms with Gasteiger partial charge in [-0.25, -0.2) is 0 Å². The molecular formula is C14H20N2O3. The van der Waals surface area contributed by atoms with Gasteiger partial charge in [-0.05, 0) is 31.5 Å². The molecule has 0 saturated carbocycles. The lowest BCUT2D eigenvalue weighted by Gasteiger charge is -2.09. The number of carbonyl (C=O) groups is 2. The maximum absolute atomic E-state index is 11.6. The first kappa shape index (κ1) is 15.0. The van der Waals surface area contributed by atoms with Gasteiger partial charge in [0.05, 0.1) is 13.5 Å². The van der Waals surface area contributed by atoms with E-state index < -0.39 is 0 Å². The standard InChI is InChI=1S/C14H20N2O3/c1-10(2)16-13(17)8-11-4-6-12(7-5-11)15-9-14(18)19-3/h4-7,10,15H,8-9H2,1-3H3,(H,16,17). The van der Waals surface area contributed by atoms with E-state index in [0.29, 0.717) is 6.42 Å². The molecule has 1 amide bonds. The summed E-state index contributed by atoms with van der Waals surface area (Å²) in [6.45, 7) is 3.99. The third kappa shape index (κ3) is 5.90. The van der Waals surface area contributed by atoms with Crippen LogP contribution in [0.2, 0.25) is 0 Å². The number of carbonyl (C=O) groups excluding carboxylic acids is 2. The highest BCUT2D eigenvalue weighted by atomic mass is 16.5. The van der Waals surface area contributed by atoms with Crippen LogP contribution in [-0.2, 0) is 20.7 Å². The molecule has 2 N–H and O–H groups in total. The molecule has 0 radical (unpaired) electrons. The number of methoxy groups -OCH3 is 1. The van der Waals surface area contributed by atoms with Gasteiger partial charge in [-0.2, -0.15) is 0 Å². The first-order chi connectivity index (χ1) is 9.01. The molecule has 0 bridgehead atoms. The Labute approximate surface area is 113 Å². The molecule has 1 aromatic carbocycles. The Bertz CT molecular complexity index is 427. The highest BCUT2D eigenvalue weighted by Crippen LogP contribution is 2.09. The van der Waals surface area contributed by atoms with Gasteiger partial charge in [-0.1, -0.05) is 12.1 Å². The third-order valence-corrected chi connectivity index (χ3v) is 2.43. The van der Waals surface area contributed by atoms with Crippen LogP contribution in [-0.4, -0.2) is 31.6 Å². The normalized spacial score (nSPS) is 10.1. The SMILES string of the molecule is COC(=O)CNc1ccc(CC(=O)NC(C)C)cc1. The number of rotatable bonds is 6. The minimum absolute atomic E-state index is 0.00488. The van der Waals surface area contributed by atoms with Crippen LogP contribution in [0, 0.1) is 0 Å². The van der Waals surface area contributed by atoms with Crippen molar-refractivity contribution in [1.82, 2.24) is 5.32 Å². The maximum Gasteiger partial charge on any atom is 0.325 e. The number of benzene rings is 1. The summed E-state index contributed by atoms with van der Waals surface area (Å²) in [5.74, 6) is -0.314. The van der Waals surface area contributed by atoms with E-state index in [1.54, 1.807) is 0 Å². The van der Waals surface area contributed by atoms with Crippen LogP contribution >= 0.6 is 0 Å². The lowest BCUT2D eigenvalue weighted by Crippen LogP contribution is -2.31. The van der Waals surface area contributed by atoms with Crippen LogP contribution < -0.4 is 10.6 Å². The number of anilines is 1. The molecule has 0 aliphatic carbocycles. The van der Waals surface area contributed by atoms with E-state index in [0.717, 1.165) is 11.3 Å². The zero-order valence-corrected chi connectivity index (χ0v) is 11.5. The minimum atomic E-state index is -0.319. The van der Waals surface area contributed by atoms with Crippen molar-refractivity contribution in [3.8, 4) is 0 Å². The van der Waals surface area contributed by atoms with Gasteiger partial charge in [-0.15, -0.1) is 0 Å². The monoisotopic (exact) mass is 264 g/mol. The van der Waals surface area contributed by atoms with Gasteiger partial charge in [-0.3, -0.25) is 9.59 Å². The smallest absolute Gasteiger partial charge is 0.325 e. The Hall–Kier alpha value is -2.04. The summed E-state index contributed by atoms with van der Waals surface area (Å²) in [5.41, 5.74) is 1.75. The summed E-state index contributed by atoms with van der Waals surface area (Å²) in [7, 11) is 1.35. The summed E-state index contributed by atoms with van der Waals surface area (Å²) in [6.07, 6.45) is 0.357. The third-order valence-electron chi connectivity index (χ3n) is 2.43. The van der Waals surface area contributed by atoms with E-state index in [1.807, 2.05) is 38.1 Å². The highest BCUT2D eigenvalue weighted by Gasteiger charge is 2.05. The second-order valence-electron chi connectivity index (χ2n) is 4.53. The Morgan fingerprint density at radius 1 is 1.21 bits per heavy atom. The van der Waals surface area contributed by atoms with E-state index in [-0.39, 0.29) is 24.5 Å². The van der Waals surface area contributed by atoms with Crippen molar-refractivity contribution < 1.29 is 14.3 Å². The van der Waals surface area contributed by atoms with Crippen LogP contribution in [0.25, 0.3) is 0 Å². The van der Waals surface area contributed by atoms with Crippen LogP contribution in [0.5, 0.6) is 0 Å². The van der Waals surface area contributed by atoms with Crippen molar-refractivity contribution in [1.29, 1.82) is 0 Å². The van der Waals surface area contributed by atoms with E-state index >= 15 is 0 Å². The van der Waals surface area contributed by atoms with Crippen molar-refractivity contribution in [3.63, 3.8) is 0 Å². The summed E-state index contributed by atoms with van der Waals surface area (Å²) in [4.78, 5) is 22.5. The molecule has 1 rings (SSSR count). The fraction of sp³-hybridized carbons (Fsp3) is 0.429. The van der Waals surface area contributed by atoms with Crippen molar-refractivity contribution >= 4 is 17.6 Å². The maximum atomic E-state index is 11.6. The van der Waals surface area contributed by atoms with Gasteiger partial charge in [0.2, 0.25) is 5.91 Å². The van der Waals surface area contributed by atoms with Gasteiger partial charge >= 0.3 is 5.97 Å². The van der Waals surface area contributed by atoms with Gasteiger partial charge in [0.1, 0.15) is 6.54 Å². The predicted molar refractivity (Wildman–Crippen MR) is 73.9 cm³/mol. The van der Waals surface area contributed by atoms with Gasteiger partial charge in [0, 0.05) is 11.7 Å². The number of hydrogen-bond donors (Lipinski definition) is 2.